The molecule has 0 aromatic heterocycles. The lowest BCUT2D eigenvalue weighted by Gasteiger charge is -2.61. The summed E-state index contributed by atoms with van der Waals surface area (Å²) in [6.45, 7) is 15.8. The number of carbonyl (C=O) groups is 1. The third kappa shape index (κ3) is 4.15. The highest BCUT2D eigenvalue weighted by Crippen LogP contribution is 2.67. The monoisotopic (exact) mass is 456 g/mol. The second-order valence-corrected chi connectivity index (χ2v) is 13.0. The Morgan fingerprint density at radius 2 is 1.79 bits per heavy atom. The van der Waals surface area contributed by atoms with Gasteiger partial charge < -0.3 is 9.84 Å². The maximum Gasteiger partial charge on any atom is 0.302 e. The number of rotatable bonds is 5. The van der Waals surface area contributed by atoms with Crippen molar-refractivity contribution in [3.8, 4) is 0 Å². The van der Waals surface area contributed by atoms with Crippen LogP contribution in [0.15, 0.2) is 23.8 Å². The van der Waals surface area contributed by atoms with Crippen LogP contribution in [-0.2, 0) is 9.53 Å². The summed E-state index contributed by atoms with van der Waals surface area (Å²) in [6.07, 6.45) is 15.5. The van der Waals surface area contributed by atoms with Crippen LogP contribution in [-0.4, -0.2) is 22.8 Å². The smallest absolute Gasteiger partial charge is 0.302 e. The molecule has 0 aromatic rings. The summed E-state index contributed by atoms with van der Waals surface area (Å²) in [5.41, 5.74) is 1.17. The fourth-order valence-corrected chi connectivity index (χ4v) is 8.42. The summed E-state index contributed by atoms with van der Waals surface area (Å²) in [5, 5.41) is 11.8. The van der Waals surface area contributed by atoms with Crippen LogP contribution in [0.1, 0.15) is 99.8 Å². The summed E-state index contributed by atoms with van der Waals surface area (Å²) < 4.78 is 5.54. The van der Waals surface area contributed by atoms with Gasteiger partial charge in [0, 0.05) is 18.8 Å². The lowest BCUT2D eigenvalue weighted by molar-refractivity contribution is -0.183. The first-order chi connectivity index (χ1) is 15.4. The van der Waals surface area contributed by atoms with E-state index in [4.69, 9.17) is 4.74 Å². The van der Waals surface area contributed by atoms with E-state index in [1.54, 1.807) is 5.57 Å². The average molecular weight is 457 g/mol. The first-order valence-corrected chi connectivity index (χ1v) is 13.7. The molecule has 0 aliphatic heterocycles. The average Bonchev–Trinajstić information content (AvgIpc) is 3.09. The third-order valence-corrected chi connectivity index (χ3v) is 11.0. The van der Waals surface area contributed by atoms with Gasteiger partial charge in [-0.3, -0.25) is 4.79 Å². The van der Waals surface area contributed by atoms with Crippen LogP contribution in [0.25, 0.3) is 0 Å². The molecule has 4 rings (SSSR count). The van der Waals surface area contributed by atoms with Crippen LogP contribution in [0.5, 0.6) is 0 Å². The molecule has 0 radical (unpaired) electrons. The summed E-state index contributed by atoms with van der Waals surface area (Å²) in [7, 11) is 0. The number of hydrogen-bond acceptors (Lipinski definition) is 3. The van der Waals surface area contributed by atoms with Gasteiger partial charge in [0.25, 0.3) is 0 Å². The number of esters is 1. The molecule has 0 amide bonds. The maximum atomic E-state index is 11.8. The fraction of sp³-hybridized carbons (Fsp3) is 0.833. The molecule has 3 nitrogen and oxygen atoms in total. The van der Waals surface area contributed by atoms with Crippen molar-refractivity contribution in [3.63, 3.8) is 0 Å². The van der Waals surface area contributed by atoms with Gasteiger partial charge in [-0.2, -0.15) is 0 Å². The molecule has 3 heteroatoms. The molecule has 0 heterocycles. The second kappa shape index (κ2) is 8.85. The molecule has 186 valence electrons. The number of hydrogen-bond donors (Lipinski definition) is 1. The number of ether oxygens (including phenoxy) is 1. The highest BCUT2D eigenvalue weighted by Gasteiger charge is 2.62. The van der Waals surface area contributed by atoms with Crippen molar-refractivity contribution in [1.29, 1.82) is 0 Å². The Bertz CT molecular complexity index is 811. The molecular formula is C30H48O3. The van der Waals surface area contributed by atoms with Crippen molar-refractivity contribution in [2.24, 2.45) is 46.3 Å². The highest BCUT2D eigenvalue weighted by atomic mass is 16.5. The zero-order chi connectivity index (χ0) is 24.2. The summed E-state index contributed by atoms with van der Waals surface area (Å²) in [4.78, 5) is 11.5. The minimum Gasteiger partial charge on any atom is -0.462 e. The Kier molecular flexibility index (Phi) is 6.71. The number of allylic oxidation sites excluding steroid dienone is 3. The minimum atomic E-state index is -0.756. The topological polar surface area (TPSA) is 46.5 Å². The number of aliphatic hydroxyl groups is 1. The predicted molar refractivity (Wildman–Crippen MR) is 135 cm³/mol. The quantitative estimate of drug-likeness (QED) is 0.354. The Morgan fingerprint density at radius 1 is 1.06 bits per heavy atom. The van der Waals surface area contributed by atoms with E-state index < -0.39 is 5.60 Å². The van der Waals surface area contributed by atoms with E-state index in [1.807, 2.05) is 0 Å². The first-order valence-electron chi connectivity index (χ1n) is 13.7. The van der Waals surface area contributed by atoms with E-state index in [0.717, 1.165) is 18.8 Å². The highest BCUT2D eigenvalue weighted by molar-refractivity contribution is 5.66. The van der Waals surface area contributed by atoms with E-state index in [9.17, 15) is 9.90 Å². The molecule has 9 atom stereocenters. The maximum absolute atomic E-state index is 11.8. The lowest BCUT2D eigenvalue weighted by Crippen LogP contribution is -2.60. The van der Waals surface area contributed by atoms with Crippen LogP contribution < -0.4 is 0 Å². The molecule has 33 heavy (non-hydrogen) atoms. The predicted octanol–water partition coefficient (Wildman–Crippen LogP) is 7.10. The van der Waals surface area contributed by atoms with Crippen molar-refractivity contribution < 1.29 is 14.6 Å². The Hall–Kier alpha value is -1.09. The fourth-order valence-electron chi connectivity index (χ4n) is 8.42. The molecule has 4 aliphatic carbocycles. The molecule has 0 spiro atoms. The largest absolute Gasteiger partial charge is 0.462 e. The van der Waals surface area contributed by atoms with Crippen molar-refractivity contribution >= 4 is 5.97 Å². The molecule has 0 aromatic carbocycles. The molecule has 1 N–H and O–H groups in total. The molecule has 4 aliphatic rings. The third-order valence-electron chi connectivity index (χ3n) is 11.0. The molecule has 3 saturated carbocycles. The van der Waals surface area contributed by atoms with Gasteiger partial charge in [-0.25, -0.2) is 0 Å². The van der Waals surface area contributed by atoms with Crippen LogP contribution in [0, 0.1) is 46.3 Å². The van der Waals surface area contributed by atoms with Crippen molar-refractivity contribution in [1.82, 2.24) is 0 Å². The summed E-state index contributed by atoms with van der Waals surface area (Å²) >= 11 is 0. The molecule has 1 unspecified atom stereocenters. The molecular weight excluding hydrogens is 408 g/mol. The molecule has 0 bridgehead atoms. The van der Waals surface area contributed by atoms with Gasteiger partial charge in [-0.1, -0.05) is 65.3 Å². The Labute approximate surface area is 202 Å². The van der Waals surface area contributed by atoms with Gasteiger partial charge in [-0.15, -0.1) is 0 Å². The van der Waals surface area contributed by atoms with E-state index in [1.165, 1.54) is 32.6 Å². The van der Waals surface area contributed by atoms with Crippen LogP contribution in [0.3, 0.4) is 0 Å². The number of fused-ring (bicyclic) bond motifs is 5. The lowest BCUT2D eigenvalue weighted by atomic mass is 9.46. The Balaban J connectivity index is 1.55. The van der Waals surface area contributed by atoms with Crippen LogP contribution in [0.4, 0.5) is 0 Å². The van der Waals surface area contributed by atoms with E-state index in [2.05, 4.69) is 59.8 Å². The number of carbonyl (C=O) groups excluding carboxylic acids is 1. The second-order valence-electron chi connectivity index (χ2n) is 13.0. The van der Waals surface area contributed by atoms with Gasteiger partial charge in [0.05, 0.1) is 5.60 Å². The summed E-state index contributed by atoms with van der Waals surface area (Å²) in [5.74, 6) is 3.59. The van der Waals surface area contributed by atoms with Crippen LogP contribution >= 0.6 is 0 Å². The Morgan fingerprint density at radius 3 is 2.45 bits per heavy atom. The zero-order valence-corrected chi connectivity index (χ0v) is 22.2. The zero-order valence-electron chi connectivity index (χ0n) is 22.2. The van der Waals surface area contributed by atoms with Gasteiger partial charge in [0.1, 0.15) is 6.10 Å². The summed E-state index contributed by atoms with van der Waals surface area (Å²) in [6, 6.07) is 0. The first kappa shape index (κ1) is 25.0. The standard InChI is InChI=1S/C30H48O3/c1-19(2)20(3)8-9-21(4)25-10-11-26-24-13-17-30(32)18-23(33-22(5)31)12-16-29(30,7)27(24)14-15-28(25,26)6/h8-9,13,19-21,23,25-27,32H,10-12,14-18H2,1-7H3/t20-,21+,23?,25+,26-,27-,28+,29+,30+/m0/s1. The molecule has 3 fully saturated rings. The van der Waals surface area contributed by atoms with Gasteiger partial charge in [0.2, 0.25) is 0 Å². The SMILES string of the molecule is CC(=O)OC1CC[C@]2(C)[C@H]3CC[C@]4(C)[C@@H]([C@H](C)C=C[C@H](C)C(C)C)CC[C@H]4C3=CC[C@@]2(O)C1. The van der Waals surface area contributed by atoms with E-state index in [0.29, 0.717) is 47.8 Å². The normalized spacial score (nSPS) is 44.6. The van der Waals surface area contributed by atoms with Crippen LogP contribution in [0.2, 0.25) is 0 Å². The van der Waals surface area contributed by atoms with Crippen molar-refractivity contribution in [2.75, 3.05) is 0 Å². The van der Waals surface area contributed by atoms with E-state index in [-0.39, 0.29) is 17.5 Å². The minimum absolute atomic E-state index is 0.106. The van der Waals surface area contributed by atoms with Gasteiger partial charge in [-0.05, 0) is 85.9 Å². The van der Waals surface area contributed by atoms with E-state index >= 15 is 0 Å². The van der Waals surface area contributed by atoms with Gasteiger partial charge in [0.15, 0.2) is 0 Å². The van der Waals surface area contributed by atoms with Gasteiger partial charge >= 0.3 is 5.97 Å². The van der Waals surface area contributed by atoms with Crippen molar-refractivity contribution in [2.45, 2.75) is 112 Å². The molecule has 0 saturated heterocycles. The van der Waals surface area contributed by atoms with Crippen molar-refractivity contribution in [3.05, 3.63) is 23.8 Å².